The Morgan fingerprint density at radius 3 is 2.73 bits per heavy atom. The van der Waals surface area contributed by atoms with Crippen LogP contribution in [-0.2, 0) is 20.8 Å². The van der Waals surface area contributed by atoms with E-state index in [-0.39, 0.29) is 6.10 Å². The number of alkyl halides is 1. The third-order valence-electron chi connectivity index (χ3n) is 3.59. The number of nitriles is 1. The number of halogens is 1. The molecule has 1 fully saturated rings. The molecule has 1 aromatic rings. The first-order valence-electron chi connectivity index (χ1n) is 7.45. The third-order valence-corrected chi connectivity index (χ3v) is 4.57. The lowest BCUT2D eigenvalue weighted by Gasteiger charge is -2.44. The summed E-state index contributed by atoms with van der Waals surface area (Å²) < 4.78 is 18.3. The highest BCUT2D eigenvalue weighted by atomic mass is 127. The van der Waals surface area contributed by atoms with Crippen LogP contribution in [0.2, 0.25) is 0 Å². The molecule has 0 unspecified atom stereocenters. The number of ether oxygens (including phenoxy) is 3. The molecular weight excluding hydrogens is 393 g/mol. The topological polar surface area (TPSA) is 51.5 Å². The van der Waals surface area contributed by atoms with E-state index < -0.39 is 11.4 Å². The van der Waals surface area contributed by atoms with Crippen molar-refractivity contribution in [2.24, 2.45) is 0 Å². The first-order valence-corrected chi connectivity index (χ1v) is 8.98. The average molecular weight is 415 g/mol. The lowest BCUT2D eigenvalue weighted by atomic mass is 9.92. The van der Waals surface area contributed by atoms with Gasteiger partial charge in [-0.15, -0.1) is 0 Å². The largest absolute Gasteiger partial charge is 0.377 e. The molecule has 2 atom stereocenters. The van der Waals surface area contributed by atoms with Crippen molar-refractivity contribution in [2.45, 2.75) is 50.8 Å². The maximum Gasteiger partial charge on any atom is 0.165 e. The summed E-state index contributed by atoms with van der Waals surface area (Å²) in [6.07, 6.45) is 1.18. The highest BCUT2D eigenvalue weighted by molar-refractivity contribution is 14.1. The number of nitrogens with zero attached hydrogens (tertiary/aromatic N) is 1. The van der Waals surface area contributed by atoms with Crippen molar-refractivity contribution in [1.29, 1.82) is 5.26 Å². The summed E-state index contributed by atoms with van der Waals surface area (Å²) in [5.74, 6) is -0.733. The van der Waals surface area contributed by atoms with Crippen molar-refractivity contribution in [3.05, 3.63) is 35.9 Å². The zero-order valence-corrected chi connectivity index (χ0v) is 15.2. The van der Waals surface area contributed by atoms with Crippen LogP contribution in [0.25, 0.3) is 0 Å². The fourth-order valence-corrected chi connectivity index (χ4v) is 3.20. The van der Waals surface area contributed by atoms with Gasteiger partial charge in [-0.1, -0.05) is 52.9 Å². The highest BCUT2D eigenvalue weighted by Crippen LogP contribution is 2.36. The van der Waals surface area contributed by atoms with E-state index in [1.807, 2.05) is 44.2 Å². The molecule has 2 rings (SSSR count). The second-order valence-electron chi connectivity index (χ2n) is 5.99. The van der Waals surface area contributed by atoms with Gasteiger partial charge in [0, 0.05) is 17.3 Å². The van der Waals surface area contributed by atoms with Gasteiger partial charge < -0.3 is 14.2 Å². The van der Waals surface area contributed by atoms with E-state index in [1.165, 1.54) is 0 Å². The van der Waals surface area contributed by atoms with Crippen molar-refractivity contribution in [3.8, 4) is 6.07 Å². The molecule has 1 aliphatic heterocycles. The molecule has 0 spiro atoms. The van der Waals surface area contributed by atoms with Gasteiger partial charge in [0.2, 0.25) is 0 Å². The van der Waals surface area contributed by atoms with Crippen LogP contribution in [0, 0.1) is 11.3 Å². The molecule has 4 nitrogen and oxygen atoms in total. The number of benzene rings is 1. The highest BCUT2D eigenvalue weighted by Gasteiger charge is 2.45. The van der Waals surface area contributed by atoms with Crippen molar-refractivity contribution in [3.63, 3.8) is 0 Å². The Kier molecular flexibility index (Phi) is 6.21. The van der Waals surface area contributed by atoms with Gasteiger partial charge in [-0.25, -0.2) is 0 Å². The molecule has 0 saturated carbocycles. The molecule has 0 amide bonds. The zero-order valence-electron chi connectivity index (χ0n) is 13.0. The monoisotopic (exact) mass is 415 g/mol. The van der Waals surface area contributed by atoms with Gasteiger partial charge >= 0.3 is 0 Å². The number of hydrogen-bond acceptors (Lipinski definition) is 4. The Labute approximate surface area is 145 Å². The maximum atomic E-state index is 9.61. The smallest absolute Gasteiger partial charge is 0.165 e. The summed E-state index contributed by atoms with van der Waals surface area (Å²) in [6.45, 7) is 4.77. The van der Waals surface area contributed by atoms with E-state index in [0.29, 0.717) is 26.1 Å². The normalized spacial score (nSPS) is 27.3. The first kappa shape index (κ1) is 17.7. The average Bonchev–Trinajstić information content (AvgIpc) is 2.51. The predicted octanol–water partition coefficient (Wildman–Crippen LogP) is 3.83. The van der Waals surface area contributed by atoms with Crippen LogP contribution < -0.4 is 0 Å². The Morgan fingerprint density at radius 2 is 2.09 bits per heavy atom. The van der Waals surface area contributed by atoms with Crippen LogP contribution in [0.1, 0.15) is 32.3 Å². The van der Waals surface area contributed by atoms with Crippen LogP contribution >= 0.6 is 22.6 Å². The molecule has 22 heavy (non-hydrogen) atoms. The van der Waals surface area contributed by atoms with E-state index in [1.54, 1.807) is 0 Å². The number of hydrogen-bond donors (Lipinski definition) is 0. The predicted molar refractivity (Wildman–Crippen MR) is 92.6 cm³/mol. The van der Waals surface area contributed by atoms with Gasteiger partial charge in [0.25, 0.3) is 0 Å². The Bertz CT molecular complexity index is 514. The molecule has 0 N–H and O–H groups in total. The summed E-state index contributed by atoms with van der Waals surface area (Å²) in [6, 6.07) is 12.4. The summed E-state index contributed by atoms with van der Waals surface area (Å²) in [7, 11) is 0. The fraction of sp³-hybridized carbons (Fsp3) is 0.588. The van der Waals surface area contributed by atoms with Crippen LogP contribution in [0.3, 0.4) is 0 Å². The minimum atomic E-state index is -0.825. The van der Waals surface area contributed by atoms with Crippen molar-refractivity contribution in [2.75, 3.05) is 11.0 Å². The standard InChI is InChI=1S/C17H22INO3/c1-16(2)21-15(11-18)10-17(13-19,22-16)8-9-20-12-14-6-4-3-5-7-14/h3-7,15H,8-12H2,1-2H3/t15-,17-/m0/s1. The van der Waals surface area contributed by atoms with Crippen molar-refractivity contribution >= 4 is 22.6 Å². The maximum absolute atomic E-state index is 9.61. The van der Waals surface area contributed by atoms with Gasteiger partial charge in [-0.3, -0.25) is 0 Å². The molecule has 1 heterocycles. The fourth-order valence-electron chi connectivity index (χ4n) is 2.71. The minimum absolute atomic E-state index is 0.0399. The van der Waals surface area contributed by atoms with E-state index in [0.717, 1.165) is 9.99 Å². The molecule has 0 radical (unpaired) electrons. The van der Waals surface area contributed by atoms with Crippen LogP contribution in [0.4, 0.5) is 0 Å². The van der Waals surface area contributed by atoms with Gasteiger partial charge in [-0.2, -0.15) is 5.26 Å². The lowest BCUT2D eigenvalue weighted by Crippen LogP contribution is -2.52. The Hall–Kier alpha value is -0.680. The summed E-state index contributed by atoms with van der Waals surface area (Å²) in [5.41, 5.74) is 0.306. The Balaban J connectivity index is 1.89. The second-order valence-corrected chi connectivity index (χ2v) is 6.88. The Morgan fingerprint density at radius 1 is 1.36 bits per heavy atom. The second kappa shape index (κ2) is 7.73. The van der Waals surface area contributed by atoms with E-state index >= 15 is 0 Å². The SMILES string of the molecule is CC1(C)O[C@H](CI)C[C@](C#N)(CCOCc2ccccc2)O1. The number of rotatable bonds is 6. The third kappa shape index (κ3) is 4.92. The zero-order chi connectivity index (χ0) is 16.1. The molecule has 120 valence electrons. The molecule has 1 aliphatic rings. The quantitative estimate of drug-likeness (QED) is 0.403. The van der Waals surface area contributed by atoms with E-state index in [2.05, 4.69) is 28.7 Å². The molecule has 0 aliphatic carbocycles. The van der Waals surface area contributed by atoms with E-state index in [9.17, 15) is 5.26 Å². The molecular formula is C17H22INO3. The summed E-state index contributed by atoms with van der Waals surface area (Å²) in [5, 5.41) is 9.61. The molecule has 0 aromatic heterocycles. The van der Waals surface area contributed by atoms with Crippen molar-refractivity contribution < 1.29 is 14.2 Å². The summed E-state index contributed by atoms with van der Waals surface area (Å²) in [4.78, 5) is 0. The molecule has 1 saturated heterocycles. The molecule has 5 heteroatoms. The minimum Gasteiger partial charge on any atom is -0.377 e. The van der Waals surface area contributed by atoms with Gasteiger partial charge in [0.15, 0.2) is 11.4 Å². The molecule has 1 aromatic carbocycles. The first-order chi connectivity index (χ1) is 10.5. The van der Waals surface area contributed by atoms with Crippen LogP contribution in [0.15, 0.2) is 30.3 Å². The van der Waals surface area contributed by atoms with Crippen LogP contribution in [0.5, 0.6) is 0 Å². The lowest BCUT2D eigenvalue weighted by molar-refractivity contribution is -0.317. The van der Waals surface area contributed by atoms with Gasteiger partial charge in [0.05, 0.1) is 25.4 Å². The van der Waals surface area contributed by atoms with Gasteiger partial charge in [0.1, 0.15) is 0 Å². The van der Waals surface area contributed by atoms with Crippen LogP contribution in [-0.4, -0.2) is 28.5 Å². The van der Waals surface area contributed by atoms with Crippen molar-refractivity contribution in [1.82, 2.24) is 0 Å². The molecule has 0 bridgehead atoms. The summed E-state index contributed by atoms with van der Waals surface area (Å²) >= 11 is 2.29. The van der Waals surface area contributed by atoms with Gasteiger partial charge in [-0.05, 0) is 19.4 Å². The van der Waals surface area contributed by atoms with E-state index in [4.69, 9.17) is 14.2 Å².